The molecular weight excluding hydrogens is 273 g/mol. The molecule has 1 aromatic carbocycles. The van der Waals surface area contributed by atoms with E-state index in [0.29, 0.717) is 18.2 Å². The molecular formula is C16H22FNO3. The molecule has 1 fully saturated rings. The summed E-state index contributed by atoms with van der Waals surface area (Å²) < 4.78 is 23.5. The molecule has 1 aliphatic carbocycles. The third-order valence-corrected chi connectivity index (χ3v) is 3.58. The van der Waals surface area contributed by atoms with Crippen molar-refractivity contribution in [2.24, 2.45) is 0 Å². The lowest BCUT2D eigenvalue weighted by Crippen LogP contribution is -2.53. The van der Waals surface area contributed by atoms with Crippen LogP contribution in [0, 0.1) is 5.82 Å². The summed E-state index contributed by atoms with van der Waals surface area (Å²) in [5.41, 5.74) is -0.768. The second kappa shape index (κ2) is 6.43. The van der Waals surface area contributed by atoms with Gasteiger partial charge in [0, 0.05) is 12.5 Å². The minimum atomic E-state index is -0.768. The van der Waals surface area contributed by atoms with Gasteiger partial charge in [0.25, 0.3) is 0 Å². The summed E-state index contributed by atoms with van der Waals surface area (Å²) in [5, 5.41) is 3.33. The first kappa shape index (κ1) is 15.8. The molecule has 5 heteroatoms. The lowest BCUT2D eigenvalue weighted by atomic mass is 9.94. The highest BCUT2D eigenvalue weighted by Crippen LogP contribution is 2.26. The lowest BCUT2D eigenvalue weighted by Gasteiger charge is -2.31. The van der Waals surface area contributed by atoms with Gasteiger partial charge in [-0.1, -0.05) is 0 Å². The van der Waals surface area contributed by atoms with E-state index in [1.807, 2.05) is 13.8 Å². The Kier molecular flexibility index (Phi) is 4.83. The molecule has 0 heterocycles. The van der Waals surface area contributed by atoms with Crippen molar-refractivity contribution in [2.45, 2.75) is 50.8 Å². The van der Waals surface area contributed by atoms with Crippen LogP contribution in [0.4, 0.5) is 4.39 Å². The lowest BCUT2D eigenvalue weighted by molar-refractivity contribution is -0.149. The van der Waals surface area contributed by atoms with Gasteiger partial charge < -0.3 is 9.47 Å². The van der Waals surface area contributed by atoms with Crippen molar-refractivity contribution >= 4 is 5.97 Å². The number of rotatable bonds is 7. The van der Waals surface area contributed by atoms with Crippen LogP contribution in [0.1, 0.15) is 33.1 Å². The van der Waals surface area contributed by atoms with Gasteiger partial charge in [0.1, 0.15) is 17.1 Å². The second-order valence-electron chi connectivity index (χ2n) is 5.83. The highest BCUT2D eigenvalue weighted by Gasteiger charge is 2.40. The number of hydrogen-bond donors (Lipinski definition) is 1. The summed E-state index contributed by atoms with van der Waals surface area (Å²) in [5.74, 6) is -0.00343. The first-order chi connectivity index (χ1) is 9.93. The first-order valence-corrected chi connectivity index (χ1v) is 7.21. The molecule has 1 aliphatic rings. The minimum Gasteiger partial charge on any atom is -0.491 e. The summed E-state index contributed by atoms with van der Waals surface area (Å²) in [6.45, 7) is 3.72. The molecule has 0 spiro atoms. The number of nitrogens with one attached hydrogen (secondary N) is 1. The Hall–Kier alpha value is -1.62. The quantitative estimate of drug-likeness (QED) is 0.786. The average molecular weight is 295 g/mol. The number of halogens is 1. The summed E-state index contributed by atoms with van der Waals surface area (Å²) in [6, 6.07) is 6.24. The van der Waals surface area contributed by atoms with Gasteiger partial charge in [-0.25, -0.2) is 4.39 Å². The second-order valence-corrected chi connectivity index (χ2v) is 5.83. The Balaban J connectivity index is 1.98. The van der Waals surface area contributed by atoms with E-state index in [1.165, 1.54) is 19.2 Å². The number of ether oxygens (including phenoxy) is 2. The van der Waals surface area contributed by atoms with Crippen molar-refractivity contribution < 1.29 is 18.7 Å². The van der Waals surface area contributed by atoms with E-state index in [2.05, 4.69) is 5.32 Å². The number of hydrogen-bond acceptors (Lipinski definition) is 4. The van der Waals surface area contributed by atoms with Crippen LogP contribution in [0.3, 0.4) is 0 Å². The van der Waals surface area contributed by atoms with Gasteiger partial charge in [0.05, 0.1) is 13.2 Å². The van der Waals surface area contributed by atoms with Crippen molar-refractivity contribution in [1.82, 2.24) is 5.32 Å². The fraction of sp³-hybridized carbons (Fsp3) is 0.562. The summed E-state index contributed by atoms with van der Waals surface area (Å²) in [4.78, 5) is 12.0. The third kappa shape index (κ3) is 4.43. The summed E-state index contributed by atoms with van der Waals surface area (Å²) >= 11 is 0. The standard InChI is InChI=1S/C16H22FNO3/c1-11(21-14-8-4-12(17)5-9-14)10-16(2,15(19)20-3)18-13-6-7-13/h4-5,8-9,11,13,18H,6-7,10H2,1-3H3. The number of esters is 1. The van der Waals surface area contributed by atoms with Crippen LogP contribution in [-0.2, 0) is 9.53 Å². The smallest absolute Gasteiger partial charge is 0.325 e. The molecule has 2 atom stereocenters. The Morgan fingerprint density at radius 3 is 2.57 bits per heavy atom. The van der Waals surface area contributed by atoms with Gasteiger partial charge in [-0.15, -0.1) is 0 Å². The number of methoxy groups -OCH3 is 1. The van der Waals surface area contributed by atoms with E-state index in [0.717, 1.165) is 12.8 Å². The molecule has 1 saturated carbocycles. The fourth-order valence-electron chi connectivity index (χ4n) is 2.47. The molecule has 0 bridgehead atoms. The van der Waals surface area contributed by atoms with Gasteiger partial charge >= 0.3 is 5.97 Å². The Morgan fingerprint density at radius 2 is 2.05 bits per heavy atom. The van der Waals surface area contributed by atoms with Crippen LogP contribution in [0.15, 0.2) is 24.3 Å². The molecule has 1 N–H and O–H groups in total. The third-order valence-electron chi connectivity index (χ3n) is 3.58. The van der Waals surface area contributed by atoms with Crippen LogP contribution in [0.25, 0.3) is 0 Å². The number of benzene rings is 1. The molecule has 0 amide bonds. The minimum absolute atomic E-state index is 0.203. The van der Waals surface area contributed by atoms with Crippen molar-refractivity contribution in [3.8, 4) is 5.75 Å². The largest absolute Gasteiger partial charge is 0.491 e. The molecule has 0 radical (unpaired) electrons. The van der Waals surface area contributed by atoms with Gasteiger partial charge in [0.15, 0.2) is 0 Å². The maximum absolute atomic E-state index is 12.9. The van der Waals surface area contributed by atoms with Crippen molar-refractivity contribution in [1.29, 1.82) is 0 Å². The van der Waals surface area contributed by atoms with Crippen LogP contribution < -0.4 is 10.1 Å². The summed E-state index contributed by atoms with van der Waals surface area (Å²) in [6.07, 6.45) is 2.44. The van der Waals surface area contributed by atoms with E-state index in [-0.39, 0.29) is 17.9 Å². The van der Waals surface area contributed by atoms with Crippen LogP contribution >= 0.6 is 0 Å². The summed E-state index contributed by atoms with van der Waals surface area (Å²) in [7, 11) is 1.39. The van der Waals surface area contributed by atoms with E-state index in [4.69, 9.17) is 9.47 Å². The number of carbonyl (C=O) groups excluding carboxylic acids is 1. The highest BCUT2D eigenvalue weighted by atomic mass is 19.1. The maximum atomic E-state index is 12.9. The molecule has 116 valence electrons. The van der Waals surface area contributed by atoms with Crippen molar-refractivity contribution in [3.63, 3.8) is 0 Å². The molecule has 0 saturated heterocycles. The monoisotopic (exact) mass is 295 g/mol. The fourth-order valence-corrected chi connectivity index (χ4v) is 2.47. The normalized spacial score (nSPS) is 18.7. The van der Waals surface area contributed by atoms with Gasteiger partial charge in [-0.2, -0.15) is 0 Å². The Bertz CT molecular complexity index is 487. The SMILES string of the molecule is COC(=O)C(C)(CC(C)Oc1ccc(F)cc1)NC1CC1. The first-order valence-electron chi connectivity index (χ1n) is 7.21. The number of carbonyl (C=O) groups is 1. The van der Waals surface area contributed by atoms with E-state index in [9.17, 15) is 9.18 Å². The molecule has 21 heavy (non-hydrogen) atoms. The van der Waals surface area contributed by atoms with Crippen LogP contribution in [0.5, 0.6) is 5.75 Å². The predicted octanol–water partition coefficient (Wildman–Crippen LogP) is 2.67. The van der Waals surface area contributed by atoms with Crippen LogP contribution in [0.2, 0.25) is 0 Å². The van der Waals surface area contributed by atoms with Gasteiger partial charge in [-0.3, -0.25) is 10.1 Å². The molecule has 2 rings (SSSR count). The molecule has 0 aliphatic heterocycles. The van der Waals surface area contributed by atoms with E-state index >= 15 is 0 Å². The zero-order valence-electron chi connectivity index (χ0n) is 12.7. The zero-order chi connectivity index (χ0) is 15.5. The van der Waals surface area contributed by atoms with Crippen molar-refractivity contribution in [2.75, 3.05) is 7.11 Å². The predicted molar refractivity (Wildman–Crippen MR) is 77.7 cm³/mol. The highest BCUT2D eigenvalue weighted by molar-refractivity contribution is 5.80. The maximum Gasteiger partial charge on any atom is 0.325 e. The Morgan fingerprint density at radius 1 is 1.43 bits per heavy atom. The van der Waals surface area contributed by atoms with E-state index in [1.54, 1.807) is 12.1 Å². The molecule has 2 unspecified atom stereocenters. The average Bonchev–Trinajstić information content (AvgIpc) is 3.23. The molecule has 1 aromatic rings. The zero-order valence-corrected chi connectivity index (χ0v) is 12.7. The topological polar surface area (TPSA) is 47.6 Å². The van der Waals surface area contributed by atoms with Gasteiger partial charge in [-0.05, 0) is 51.0 Å². The Labute approximate surface area is 124 Å². The molecule has 4 nitrogen and oxygen atoms in total. The van der Waals surface area contributed by atoms with Crippen LogP contribution in [-0.4, -0.2) is 30.8 Å². The van der Waals surface area contributed by atoms with E-state index < -0.39 is 5.54 Å². The van der Waals surface area contributed by atoms with Gasteiger partial charge in [0.2, 0.25) is 0 Å². The van der Waals surface area contributed by atoms with Crippen molar-refractivity contribution in [3.05, 3.63) is 30.1 Å². The molecule has 0 aromatic heterocycles.